The minimum absolute atomic E-state index is 0.0515. The van der Waals surface area contributed by atoms with Crippen LogP contribution in [0.5, 0.6) is 0 Å². The molecule has 1 aromatic rings. The fraction of sp³-hybridized carbons (Fsp3) is 0.619. The van der Waals surface area contributed by atoms with Crippen LogP contribution in [0.15, 0.2) is 18.2 Å². The summed E-state index contributed by atoms with van der Waals surface area (Å²) in [6.45, 7) is 6.02. The summed E-state index contributed by atoms with van der Waals surface area (Å²) >= 11 is 0. The number of ether oxygens (including phenoxy) is 1. The molecular formula is C21H33N5O3. The van der Waals surface area contributed by atoms with E-state index in [-0.39, 0.29) is 6.04 Å². The zero-order valence-corrected chi connectivity index (χ0v) is 17.7. The molecule has 0 unspecified atom stereocenters. The Kier molecular flexibility index (Phi) is 7.46. The largest absolute Gasteiger partial charge is 0.383 e. The fourth-order valence-electron chi connectivity index (χ4n) is 4.00. The Bertz CT molecular complexity index is 718. The number of amides is 2. The van der Waals surface area contributed by atoms with E-state index in [1.165, 1.54) is 16.8 Å². The van der Waals surface area contributed by atoms with Crippen molar-refractivity contribution < 1.29 is 14.3 Å². The molecule has 29 heavy (non-hydrogen) atoms. The molecule has 0 aliphatic carbocycles. The topological polar surface area (TPSA) is 77.1 Å². The van der Waals surface area contributed by atoms with Crippen LogP contribution in [0.3, 0.4) is 0 Å². The van der Waals surface area contributed by atoms with Gasteiger partial charge in [-0.1, -0.05) is 12.1 Å². The number of carbonyl (C=O) groups is 2. The summed E-state index contributed by atoms with van der Waals surface area (Å²) < 4.78 is 4.90. The Morgan fingerprint density at radius 3 is 2.52 bits per heavy atom. The number of rotatable bonds is 7. The first-order valence-electron chi connectivity index (χ1n) is 10.3. The molecule has 2 aliphatic heterocycles. The molecule has 0 spiro atoms. The minimum Gasteiger partial charge on any atom is -0.383 e. The minimum atomic E-state index is -0.616. The van der Waals surface area contributed by atoms with Gasteiger partial charge in [0.25, 0.3) is 0 Å². The number of nitrogens with one attached hydrogen (secondary N) is 2. The summed E-state index contributed by atoms with van der Waals surface area (Å²) in [6.07, 6.45) is 1.05. The molecule has 1 aromatic carbocycles. The van der Waals surface area contributed by atoms with Crippen molar-refractivity contribution in [2.75, 3.05) is 78.5 Å². The molecule has 2 aliphatic rings. The van der Waals surface area contributed by atoms with Gasteiger partial charge < -0.3 is 25.2 Å². The Hall–Kier alpha value is -2.16. The van der Waals surface area contributed by atoms with Gasteiger partial charge in [0.2, 0.25) is 0 Å². The normalized spacial score (nSPS) is 18.4. The molecule has 2 heterocycles. The fourth-order valence-corrected chi connectivity index (χ4v) is 4.00. The molecule has 1 fully saturated rings. The summed E-state index contributed by atoms with van der Waals surface area (Å²) in [4.78, 5) is 31.2. The number of likely N-dealkylation sites (N-methyl/N-ethyl adjacent to an activating group) is 2. The van der Waals surface area contributed by atoms with E-state index in [1.54, 1.807) is 7.11 Å². The van der Waals surface area contributed by atoms with E-state index in [0.717, 1.165) is 39.1 Å². The van der Waals surface area contributed by atoms with Crippen molar-refractivity contribution in [3.63, 3.8) is 0 Å². The Balaban J connectivity index is 1.69. The van der Waals surface area contributed by atoms with Gasteiger partial charge in [0.15, 0.2) is 0 Å². The third kappa shape index (κ3) is 5.46. The first-order valence-corrected chi connectivity index (χ1v) is 10.3. The molecule has 2 N–H and O–H groups in total. The number of piperazine rings is 1. The molecule has 0 bridgehead atoms. The Morgan fingerprint density at radius 1 is 1.07 bits per heavy atom. The quantitative estimate of drug-likeness (QED) is 0.487. The summed E-state index contributed by atoms with van der Waals surface area (Å²) in [5.74, 6) is -1.21. The lowest BCUT2D eigenvalue weighted by atomic mass is 10.00. The molecule has 3 rings (SSSR count). The van der Waals surface area contributed by atoms with E-state index < -0.39 is 11.8 Å². The molecule has 1 atom stereocenters. The molecule has 0 aromatic heterocycles. The maximum Gasteiger partial charge on any atom is 0.309 e. The van der Waals surface area contributed by atoms with Crippen LogP contribution in [-0.2, 0) is 20.7 Å². The van der Waals surface area contributed by atoms with Crippen LogP contribution in [-0.4, -0.2) is 95.2 Å². The highest BCUT2D eigenvalue weighted by molar-refractivity contribution is 6.35. The number of hydrogen-bond acceptors (Lipinski definition) is 6. The van der Waals surface area contributed by atoms with Crippen LogP contribution in [0.2, 0.25) is 0 Å². The van der Waals surface area contributed by atoms with Crippen molar-refractivity contribution in [3.8, 4) is 0 Å². The molecule has 1 saturated heterocycles. The standard InChI is InChI=1S/C21H33N5O3/c1-24-9-11-26(12-10-24)19(15-23-21(28)20(27)22-7-13-29-3)16-4-5-18-17(14-16)6-8-25(18)2/h4-5,14,19H,6-13,15H2,1-3H3,(H,22,27)(H,23,28)/t19-/m0/s1. The molecule has 0 saturated carbocycles. The molecule has 8 heteroatoms. The average molecular weight is 404 g/mol. The van der Waals surface area contributed by atoms with Crippen molar-refractivity contribution in [1.29, 1.82) is 0 Å². The summed E-state index contributed by atoms with van der Waals surface area (Å²) in [7, 11) is 5.80. The average Bonchev–Trinajstić information content (AvgIpc) is 3.09. The second-order valence-corrected chi connectivity index (χ2v) is 7.87. The number of benzene rings is 1. The molecule has 8 nitrogen and oxygen atoms in total. The van der Waals surface area contributed by atoms with Crippen molar-refractivity contribution in [2.45, 2.75) is 12.5 Å². The molecule has 160 valence electrons. The highest BCUT2D eigenvalue weighted by atomic mass is 16.5. The molecule has 2 amide bonds. The van der Waals surface area contributed by atoms with E-state index in [4.69, 9.17) is 4.74 Å². The number of carbonyl (C=O) groups excluding carboxylic acids is 2. The van der Waals surface area contributed by atoms with Crippen molar-refractivity contribution >= 4 is 17.5 Å². The number of anilines is 1. The highest BCUT2D eigenvalue weighted by Gasteiger charge is 2.27. The predicted molar refractivity (Wildman–Crippen MR) is 113 cm³/mol. The molecule has 0 radical (unpaired) electrons. The van der Waals surface area contributed by atoms with Gasteiger partial charge in [-0.3, -0.25) is 14.5 Å². The van der Waals surface area contributed by atoms with Crippen LogP contribution in [0.4, 0.5) is 5.69 Å². The van der Waals surface area contributed by atoms with Crippen LogP contribution >= 0.6 is 0 Å². The summed E-state index contributed by atoms with van der Waals surface area (Å²) in [5.41, 5.74) is 3.84. The number of nitrogens with zero attached hydrogens (tertiary/aromatic N) is 3. The molecular weight excluding hydrogens is 370 g/mol. The third-order valence-electron chi connectivity index (χ3n) is 5.85. The SMILES string of the molecule is COCCNC(=O)C(=O)NC[C@@H](c1ccc2c(c1)CCN2C)N1CCN(C)CC1. The lowest BCUT2D eigenvalue weighted by molar-refractivity contribution is -0.139. The van der Waals surface area contributed by atoms with Crippen molar-refractivity contribution in [3.05, 3.63) is 29.3 Å². The third-order valence-corrected chi connectivity index (χ3v) is 5.85. The van der Waals surface area contributed by atoms with Crippen LogP contribution in [0, 0.1) is 0 Å². The van der Waals surface area contributed by atoms with E-state index in [1.807, 2.05) is 0 Å². The van der Waals surface area contributed by atoms with Gasteiger partial charge in [-0.15, -0.1) is 0 Å². The summed E-state index contributed by atoms with van der Waals surface area (Å²) in [6, 6.07) is 6.66. The maximum atomic E-state index is 12.2. The summed E-state index contributed by atoms with van der Waals surface area (Å²) in [5, 5.41) is 5.40. The van der Waals surface area contributed by atoms with Gasteiger partial charge in [0.05, 0.1) is 12.6 Å². The van der Waals surface area contributed by atoms with Crippen LogP contribution in [0.1, 0.15) is 17.2 Å². The Morgan fingerprint density at radius 2 is 1.79 bits per heavy atom. The van der Waals surface area contributed by atoms with Crippen LogP contribution in [0.25, 0.3) is 0 Å². The maximum absolute atomic E-state index is 12.2. The predicted octanol–water partition coefficient (Wildman–Crippen LogP) is -0.154. The van der Waals surface area contributed by atoms with Gasteiger partial charge in [0, 0.05) is 65.7 Å². The second-order valence-electron chi connectivity index (χ2n) is 7.87. The number of methoxy groups -OCH3 is 1. The lowest BCUT2D eigenvalue weighted by Crippen LogP contribution is -2.50. The van der Waals surface area contributed by atoms with Crippen LogP contribution < -0.4 is 15.5 Å². The first-order chi connectivity index (χ1) is 14.0. The van der Waals surface area contributed by atoms with Gasteiger partial charge in [-0.05, 0) is 30.7 Å². The van der Waals surface area contributed by atoms with Gasteiger partial charge in [-0.2, -0.15) is 0 Å². The monoisotopic (exact) mass is 403 g/mol. The zero-order valence-electron chi connectivity index (χ0n) is 17.7. The van der Waals surface area contributed by atoms with Gasteiger partial charge in [0.1, 0.15) is 0 Å². The first kappa shape index (κ1) is 21.5. The van der Waals surface area contributed by atoms with Gasteiger partial charge >= 0.3 is 11.8 Å². The van der Waals surface area contributed by atoms with E-state index in [9.17, 15) is 9.59 Å². The second kappa shape index (κ2) is 10.0. The highest BCUT2D eigenvalue weighted by Crippen LogP contribution is 2.31. The van der Waals surface area contributed by atoms with E-state index in [0.29, 0.717) is 19.7 Å². The van der Waals surface area contributed by atoms with Crippen molar-refractivity contribution in [2.24, 2.45) is 0 Å². The lowest BCUT2D eigenvalue weighted by Gasteiger charge is -2.38. The van der Waals surface area contributed by atoms with E-state index in [2.05, 4.69) is 57.6 Å². The van der Waals surface area contributed by atoms with Gasteiger partial charge in [-0.25, -0.2) is 0 Å². The smallest absolute Gasteiger partial charge is 0.309 e. The Labute approximate surface area is 173 Å². The number of hydrogen-bond donors (Lipinski definition) is 2. The number of fused-ring (bicyclic) bond motifs is 1. The van der Waals surface area contributed by atoms with E-state index >= 15 is 0 Å². The zero-order chi connectivity index (χ0) is 20.8. The van der Waals surface area contributed by atoms with Crippen molar-refractivity contribution in [1.82, 2.24) is 20.4 Å².